The van der Waals surface area contributed by atoms with E-state index in [1.54, 1.807) is 13.3 Å². The lowest BCUT2D eigenvalue weighted by molar-refractivity contribution is 0.507. The van der Waals surface area contributed by atoms with Crippen molar-refractivity contribution in [1.29, 1.82) is 0 Å². The molecule has 4 N–H and O–H groups in total. The lowest BCUT2D eigenvalue weighted by atomic mass is 10.3. The summed E-state index contributed by atoms with van der Waals surface area (Å²) in [5.41, 5.74) is 2.44. The van der Waals surface area contributed by atoms with Crippen molar-refractivity contribution in [2.45, 2.75) is 6.42 Å². The van der Waals surface area contributed by atoms with E-state index in [1.165, 1.54) is 0 Å². The van der Waals surface area contributed by atoms with Crippen LogP contribution in [-0.2, 0) is 6.42 Å². The van der Waals surface area contributed by atoms with E-state index < -0.39 is 0 Å². The van der Waals surface area contributed by atoms with Crippen LogP contribution in [0.25, 0.3) is 0 Å². The first-order valence-corrected chi connectivity index (χ1v) is 4.06. The van der Waals surface area contributed by atoms with Crippen LogP contribution in [0.1, 0.15) is 5.76 Å². The van der Waals surface area contributed by atoms with E-state index in [2.05, 4.69) is 15.7 Å². The summed E-state index contributed by atoms with van der Waals surface area (Å²) >= 11 is 0. The smallest absolute Gasteiger partial charge is 0.205 e. The second-order valence-corrected chi connectivity index (χ2v) is 2.47. The summed E-state index contributed by atoms with van der Waals surface area (Å²) in [5.74, 6) is 6.70. The molecule has 0 aliphatic carbocycles. The Morgan fingerprint density at radius 3 is 3.08 bits per heavy atom. The fourth-order valence-corrected chi connectivity index (χ4v) is 0.954. The van der Waals surface area contributed by atoms with Crippen molar-refractivity contribution in [2.24, 2.45) is 10.8 Å². The average molecular weight is 182 g/mol. The number of nitrogens with zero attached hydrogens (tertiary/aromatic N) is 1. The molecule has 72 valence electrons. The van der Waals surface area contributed by atoms with Gasteiger partial charge in [0.1, 0.15) is 5.76 Å². The van der Waals surface area contributed by atoms with Crippen molar-refractivity contribution in [3.05, 3.63) is 24.2 Å². The topological polar surface area (TPSA) is 75.6 Å². The van der Waals surface area contributed by atoms with Gasteiger partial charge in [-0.1, -0.05) is 0 Å². The molecule has 0 aliphatic rings. The van der Waals surface area contributed by atoms with Gasteiger partial charge in [0.15, 0.2) is 0 Å². The Morgan fingerprint density at radius 1 is 1.69 bits per heavy atom. The average Bonchev–Trinajstić information content (AvgIpc) is 2.65. The second-order valence-electron chi connectivity index (χ2n) is 2.47. The van der Waals surface area contributed by atoms with Crippen molar-refractivity contribution in [3.63, 3.8) is 0 Å². The molecule has 13 heavy (non-hydrogen) atoms. The van der Waals surface area contributed by atoms with Crippen LogP contribution < -0.4 is 16.6 Å². The van der Waals surface area contributed by atoms with E-state index in [1.807, 2.05) is 12.1 Å². The fourth-order valence-electron chi connectivity index (χ4n) is 0.954. The fraction of sp³-hybridized carbons (Fsp3) is 0.375. The maximum atomic E-state index is 5.18. The third-order valence-electron chi connectivity index (χ3n) is 1.60. The van der Waals surface area contributed by atoms with Gasteiger partial charge >= 0.3 is 0 Å². The maximum Gasteiger partial charge on any atom is 0.205 e. The van der Waals surface area contributed by atoms with Gasteiger partial charge in [-0.05, 0) is 12.1 Å². The first kappa shape index (κ1) is 9.60. The van der Waals surface area contributed by atoms with Gasteiger partial charge in [0.2, 0.25) is 5.96 Å². The zero-order valence-corrected chi connectivity index (χ0v) is 7.58. The molecule has 0 aliphatic heterocycles. The Labute approximate surface area is 77.0 Å². The Morgan fingerprint density at radius 2 is 2.54 bits per heavy atom. The standard InChI is InChI=1S/C8H14N4O/c1-10-8(12-9)11-5-4-7-3-2-6-13-7/h2-3,6H,4-5,9H2,1H3,(H2,10,11,12). The SMILES string of the molecule is CN=C(NN)NCCc1ccco1. The van der Waals surface area contributed by atoms with Crippen molar-refractivity contribution in [1.82, 2.24) is 10.7 Å². The highest BCUT2D eigenvalue weighted by Gasteiger charge is 1.96. The van der Waals surface area contributed by atoms with Gasteiger partial charge in [-0.15, -0.1) is 0 Å². The summed E-state index contributed by atoms with van der Waals surface area (Å²) in [7, 11) is 1.66. The molecule has 1 rings (SSSR count). The largest absolute Gasteiger partial charge is 0.469 e. The third kappa shape index (κ3) is 3.16. The number of hydrogen-bond donors (Lipinski definition) is 3. The first-order valence-electron chi connectivity index (χ1n) is 4.06. The molecule has 5 nitrogen and oxygen atoms in total. The van der Waals surface area contributed by atoms with Gasteiger partial charge in [0, 0.05) is 20.0 Å². The minimum atomic E-state index is 0.576. The minimum absolute atomic E-state index is 0.576. The van der Waals surface area contributed by atoms with Crippen LogP contribution >= 0.6 is 0 Å². The molecule has 0 spiro atoms. The highest BCUT2D eigenvalue weighted by atomic mass is 16.3. The zero-order valence-electron chi connectivity index (χ0n) is 7.58. The minimum Gasteiger partial charge on any atom is -0.469 e. The van der Waals surface area contributed by atoms with E-state index in [4.69, 9.17) is 10.3 Å². The van der Waals surface area contributed by atoms with Crippen LogP contribution in [0.3, 0.4) is 0 Å². The first-order chi connectivity index (χ1) is 6.36. The van der Waals surface area contributed by atoms with Gasteiger partial charge in [-0.2, -0.15) is 0 Å². The third-order valence-corrected chi connectivity index (χ3v) is 1.60. The van der Waals surface area contributed by atoms with Crippen molar-refractivity contribution >= 4 is 5.96 Å². The Kier molecular flexibility index (Phi) is 3.84. The number of hydrogen-bond acceptors (Lipinski definition) is 3. The molecule has 0 aromatic carbocycles. The Hall–Kier alpha value is -1.49. The maximum absolute atomic E-state index is 5.18. The number of nitrogens with two attached hydrogens (primary N) is 1. The van der Waals surface area contributed by atoms with Gasteiger partial charge in [0.25, 0.3) is 0 Å². The van der Waals surface area contributed by atoms with Gasteiger partial charge in [-0.3, -0.25) is 10.4 Å². The second kappa shape index (κ2) is 5.21. The van der Waals surface area contributed by atoms with Crippen LogP contribution in [0.15, 0.2) is 27.8 Å². The summed E-state index contributed by atoms with van der Waals surface area (Å²) in [6.07, 6.45) is 2.47. The summed E-state index contributed by atoms with van der Waals surface area (Å²) in [4.78, 5) is 3.86. The molecular weight excluding hydrogens is 168 g/mol. The number of hydrazine groups is 1. The van der Waals surface area contributed by atoms with E-state index in [-0.39, 0.29) is 0 Å². The molecule has 0 atom stereocenters. The van der Waals surface area contributed by atoms with Gasteiger partial charge in [0.05, 0.1) is 6.26 Å². The number of nitrogens with one attached hydrogen (secondary N) is 2. The summed E-state index contributed by atoms with van der Waals surface area (Å²) < 4.78 is 5.15. The molecule has 1 heterocycles. The summed E-state index contributed by atoms with van der Waals surface area (Å²) in [6, 6.07) is 3.80. The molecule has 0 radical (unpaired) electrons. The molecule has 1 aromatic rings. The van der Waals surface area contributed by atoms with E-state index in [9.17, 15) is 0 Å². The summed E-state index contributed by atoms with van der Waals surface area (Å²) in [5, 5.41) is 3.01. The molecule has 0 unspecified atom stereocenters. The van der Waals surface area contributed by atoms with Crippen LogP contribution in [0.4, 0.5) is 0 Å². The Balaban J connectivity index is 2.21. The predicted molar refractivity (Wildman–Crippen MR) is 51.1 cm³/mol. The highest BCUT2D eigenvalue weighted by Crippen LogP contribution is 1.99. The number of rotatable bonds is 3. The van der Waals surface area contributed by atoms with E-state index in [0.717, 1.165) is 18.7 Å². The lowest BCUT2D eigenvalue weighted by Crippen LogP contribution is -2.42. The van der Waals surface area contributed by atoms with Crippen LogP contribution in [0.2, 0.25) is 0 Å². The molecule has 0 fully saturated rings. The van der Waals surface area contributed by atoms with Gasteiger partial charge in [-0.25, -0.2) is 5.84 Å². The monoisotopic (exact) mass is 182 g/mol. The molecule has 5 heteroatoms. The van der Waals surface area contributed by atoms with E-state index in [0.29, 0.717) is 5.96 Å². The summed E-state index contributed by atoms with van der Waals surface area (Å²) in [6.45, 7) is 0.740. The molecule has 0 amide bonds. The normalized spacial score (nSPS) is 11.4. The van der Waals surface area contributed by atoms with Crippen molar-refractivity contribution in [2.75, 3.05) is 13.6 Å². The molecule has 0 saturated carbocycles. The molecule has 0 saturated heterocycles. The van der Waals surface area contributed by atoms with Gasteiger partial charge < -0.3 is 9.73 Å². The van der Waals surface area contributed by atoms with Crippen molar-refractivity contribution < 1.29 is 4.42 Å². The number of aliphatic imine (C=N–C) groups is 1. The van der Waals surface area contributed by atoms with Crippen LogP contribution in [0.5, 0.6) is 0 Å². The molecular formula is C8H14N4O. The zero-order chi connectivity index (χ0) is 9.52. The van der Waals surface area contributed by atoms with E-state index >= 15 is 0 Å². The molecule has 0 bridgehead atoms. The predicted octanol–water partition coefficient (Wildman–Crippen LogP) is -0.139. The van der Waals surface area contributed by atoms with Crippen LogP contribution in [-0.4, -0.2) is 19.6 Å². The number of furan rings is 1. The quantitative estimate of drug-likeness (QED) is 0.263. The lowest BCUT2D eigenvalue weighted by Gasteiger charge is -2.06. The highest BCUT2D eigenvalue weighted by molar-refractivity contribution is 5.78. The number of guanidine groups is 1. The van der Waals surface area contributed by atoms with Crippen LogP contribution in [0, 0.1) is 0 Å². The molecule has 1 aromatic heterocycles. The Bertz CT molecular complexity index is 255. The van der Waals surface area contributed by atoms with Crippen molar-refractivity contribution in [3.8, 4) is 0 Å².